The first kappa shape index (κ1) is 19.8. The van der Waals surface area contributed by atoms with E-state index in [1.54, 1.807) is 55.9 Å². The van der Waals surface area contributed by atoms with Gasteiger partial charge in [-0.3, -0.25) is 9.78 Å². The first-order valence-corrected chi connectivity index (χ1v) is 9.62. The summed E-state index contributed by atoms with van der Waals surface area (Å²) in [5.74, 6) is 0.962. The van der Waals surface area contributed by atoms with Gasteiger partial charge in [-0.15, -0.1) is 0 Å². The molecule has 0 radical (unpaired) electrons. The molecule has 0 saturated carbocycles. The first-order chi connectivity index (χ1) is 14.5. The number of aromatic nitrogens is 1. The van der Waals surface area contributed by atoms with Gasteiger partial charge >= 0.3 is 0 Å². The third-order valence-corrected chi connectivity index (χ3v) is 4.90. The molecule has 0 aliphatic carbocycles. The van der Waals surface area contributed by atoms with Crippen LogP contribution in [0.2, 0.25) is 5.02 Å². The van der Waals surface area contributed by atoms with Crippen molar-refractivity contribution in [1.29, 1.82) is 0 Å². The van der Waals surface area contributed by atoms with Crippen molar-refractivity contribution in [2.75, 3.05) is 12.4 Å². The molecule has 2 aromatic heterocycles. The van der Waals surface area contributed by atoms with Crippen molar-refractivity contribution in [3.05, 3.63) is 82.8 Å². The molecule has 152 valence electrons. The predicted octanol–water partition coefficient (Wildman–Crippen LogP) is 5.63. The van der Waals surface area contributed by atoms with E-state index in [1.165, 1.54) is 0 Å². The van der Waals surface area contributed by atoms with Crippen molar-refractivity contribution in [1.82, 2.24) is 4.98 Å². The maximum absolute atomic E-state index is 12.8. The number of benzene rings is 2. The van der Waals surface area contributed by atoms with Crippen LogP contribution in [0.4, 0.5) is 5.69 Å². The summed E-state index contributed by atoms with van der Waals surface area (Å²) in [4.78, 5) is 16.8. The number of rotatable bonds is 6. The van der Waals surface area contributed by atoms with Gasteiger partial charge in [0.05, 0.1) is 7.11 Å². The van der Waals surface area contributed by atoms with E-state index in [2.05, 4.69) is 10.3 Å². The third kappa shape index (κ3) is 4.09. The molecule has 0 atom stereocenters. The van der Waals surface area contributed by atoms with E-state index in [0.29, 0.717) is 34.4 Å². The van der Waals surface area contributed by atoms with Crippen LogP contribution in [0.25, 0.3) is 11.0 Å². The Kier molecular flexibility index (Phi) is 5.59. The highest BCUT2D eigenvalue weighted by atomic mass is 35.5. The number of anilines is 1. The number of halogens is 1. The highest BCUT2D eigenvalue weighted by Gasteiger charge is 2.19. The number of ether oxygens (including phenoxy) is 2. The zero-order valence-electron chi connectivity index (χ0n) is 16.4. The molecule has 0 aliphatic heterocycles. The molecule has 30 heavy (non-hydrogen) atoms. The number of carbonyl (C=O) groups excluding carboxylic acids is 1. The average molecular weight is 423 g/mol. The van der Waals surface area contributed by atoms with Gasteiger partial charge in [-0.05, 0) is 55.0 Å². The first-order valence-electron chi connectivity index (χ1n) is 9.25. The van der Waals surface area contributed by atoms with Gasteiger partial charge in [-0.25, -0.2) is 0 Å². The maximum atomic E-state index is 12.8. The van der Waals surface area contributed by atoms with Crippen molar-refractivity contribution in [2.45, 2.75) is 13.5 Å². The average Bonchev–Trinajstić information content (AvgIpc) is 3.09. The summed E-state index contributed by atoms with van der Waals surface area (Å²) in [5.41, 5.74) is 2.87. The molecule has 0 fully saturated rings. The van der Waals surface area contributed by atoms with Crippen LogP contribution in [0.3, 0.4) is 0 Å². The molecular formula is C23H19ClN2O4. The second kappa shape index (κ2) is 8.47. The molecule has 0 saturated heterocycles. The molecule has 1 N–H and O–H groups in total. The van der Waals surface area contributed by atoms with Gasteiger partial charge in [0, 0.05) is 40.1 Å². The van der Waals surface area contributed by atoms with Crippen LogP contribution in [-0.2, 0) is 6.61 Å². The van der Waals surface area contributed by atoms with E-state index in [4.69, 9.17) is 25.5 Å². The smallest absolute Gasteiger partial charge is 0.291 e. The number of hydrogen-bond donors (Lipinski definition) is 1. The Bertz CT molecular complexity index is 1200. The highest BCUT2D eigenvalue weighted by Crippen LogP contribution is 2.32. The van der Waals surface area contributed by atoms with Gasteiger partial charge in [-0.1, -0.05) is 11.6 Å². The van der Waals surface area contributed by atoms with Gasteiger partial charge in [0.2, 0.25) is 0 Å². The van der Waals surface area contributed by atoms with Gasteiger partial charge < -0.3 is 19.2 Å². The van der Waals surface area contributed by atoms with Gasteiger partial charge in [0.15, 0.2) is 17.3 Å². The number of nitrogens with one attached hydrogen (secondary N) is 1. The van der Waals surface area contributed by atoms with Gasteiger partial charge in [0.25, 0.3) is 5.91 Å². The summed E-state index contributed by atoms with van der Waals surface area (Å²) in [6, 6.07) is 14.2. The van der Waals surface area contributed by atoms with Crippen LogP contribution in [0.5, 0.6) is 11.5 Å². The Morgan fingerprint density at radius 1 is 1.10 bits per heavy atom. The molecule has 0 bridgehead atoms. The Hall–Kier alpha value is -3.51. The summed E-state index contributed by atoms with van der Waals surface area (Å²) in [6.07, 6.45) is 3.41. The van der Waals surface area contributed by atoms with Crippen LogP contribution in [0.15, 0.2) is 65.3 Å². The number of fused-ring (bicyclic) bond motifs is 1. The fraction of sp³-hybridized carbons (Fsp3) is 0.130. The Morgan fingerprint density at radius 3 is 2.67 bits per heavy atom. The number of nitrogens with zero attached hydrogens (tertiary/aromatic N) is 1. The maximum Gasteiger partial charge on any atom is 0.291 e. The van der Waals surface area contributed by atoms with E-state index in [1.807, 2.05) is 19.1 Å². The molecule has 2 aromatic carbocycles. The standard InChI is InChI=1S/C23H19ClN2O4/c1-14-18-11-16(24)3-5-19(18)30-22(14)23(27)26-17-4-6-20(28-2)21(12-17)29-13-15-7-9-25-10-8-15/h3-12H,13H2,1-2H3,(H,26,27). The lowest BCUT2D eigenvalue weighted by molar-refractivity contribution is 0.0998. The van der Waals surface area contributed by atoms with Crippen LogP contribution >= 0.6 is 11.6 Å². The molecule has 7 heteroatoms. The quantitative estimate of drug-likeness (QED) is 0.436. The number of furan rings is 1. The fourth-order valence-electron chi connectivity index (χ4n) is 3.10. The zero-order valence-corrected chi connectivity index (χ0v) is 17.2. The topological polar surface area (TPSA) is 73.6 Å². The van der Waals surface area contributed by atoms with Gasteiger partial charge in [0.1, 0.15) is 12.2 Å². The molecule has 2 heterocycles. The van der Waals surface area contributed by atoms with Crippen molar-refractivity contribution in [2.24, 2.45) is 0 Å². The Morgan fingerprint density at radius 2 is 1.90 bits per heavy atom. The van der Waals surface area contributed by atoms with E-state index in [-0.39, 0.29) is 11.7 Å². The highest BCUT2D eigenvalue weighted by molar-refractivity contribution is 6.31. The number of carbonyl (C=O) groups is 1. The predicted molar refractivity (Wildman–Crippen MR) is 115 cm³/mol. The normalized spacial score (nSPS) is 10.8. The van der Waals surface area contributed by atoms with E-state index >= 15 is 0 Å². The van der Waals surface area contributed by atoms with Crippen molar-refractivity contribution in [3.63, 3.8) is 0 Å². The summed E-state index contributed by atoms with van der Waals surface area (Å²) in [7, 11) is 1.57. The van der Waals surface area contributed by atoms with Crippen molar-refractivity contribution < 1.29 is 18.7 Å². The lowest BCUT2D eigenvalue weighted by atomic mass is 10.1. The lowest BCUT2D eigenvalue weighted by Crippen LogP contribution is -2.12. The number of methoxy groups -OCH3 is 1. The Balaban J connectivity index is 1.55. The number of amides is 1. The van der Waals surface area contributed by atoms with Crippen molar-refractivity contribution >= 4 is 34.2 Å². The molecule has 0 unspecified atom stereocenters. The van der Waals surface area contributed by atoms with E-state index in [9.17, 15) is 4.79 Å². The SMILES string of the molecule is COc1ccc(NC(=O)c2oc3ccc(Cl)cc3c2C)cc1OCc1ccncc1. The largest absolute Gasteiger partial charge is 0.493 e. The minimum atomic E-state index is -0.356. The van der Waals surface area contributed by atoms with Crippen LogP contribution in [-0.4, -0.2) is 18.0 Å². The molecular weight excluding hydrogens is 404 g/mol. The minimum absolute atomic E-state index is 0.238. The molecule has 4 rings (SSSR count). The molecule has 4 aromatic rings. The van der Waals surface area contributed by atoms with Gasteiger partial charge in [-0.2, -0.15) is 0 Å². The number of aryl methyl sites for hydroxylation is 1. The molecule has 0 spiro atoms. The van der Waals surface area contributed by atoms with Crippen molar-refractivity contribution in [3.8, 4) is 11.5 Å². The summed E-state index contributed by atoms with van der Waals surface area (Å²) in [6.45, 7) is 2.17. The fourth-order valence-corrected chi connectivity index (χ4v) is 3.28. The molecule has 0 aliphatic rings. The zero-order chi connectivity index (χ0) is 21.1. The van der Waals surface area contributed by atoms with Crippen LogP contribution in [0, 0.1) is 6.92 Å². The van der Waals surface area contributed by atoms with Crippen LogP contribution < -0.4 is 14.8 Å². The summed E-state index contributed by atoms with van der Waals surface area (Å²) in [5, 5.41) is 4.25. The number of hydrogen-bond acceptors (Lipinski definition) is 5. The second-order valence-electron chi connectivity index (χ2n) is 6.66. The summed E-state index contributed by atoms with van der Waals surface area (Å²) >= 11 is 6.06. The number of pyridine rings is 1. The lowest BCUT2D eigenvalue weighted by Gasteiger charge is -2.13. The molecule has 1 amide bonds. The third-order valence-electron chi connectivity index (χ3n) is 4.67. The summed E-state index contributed by atoms with van der Waals surface area (Å²) < 4.78 is 17.0. The second-order valence-corrected chi connectivity index (χ2v) is 7.10. The Labute approximate surface area is 178 Å². The molecule has 6 nitrogen and oxygen atoms in total. The monoisotopic (exact) mass is 422 g/mol. The van der Waals surface area contributed by atoms with Crippen LogP contribution in [0.1, 0.15) is 21.7 Å². The van der Waals surface area contributed by atoms with E-state index < -0.39 is 0 Å². The minimum Gasteiger partial charge on any atom is -0.493 e. The van der Waals surface area contributed by atoms with E-state index in [0.717, 1.165) is 16.5 Å².